The number of carbonyl (C=O) groups excluding carboxylic acids is 2. The Balaban J connectivity index is 1.59. The van der Waals surface area contributed by atoms with E-state index < -0.39 is 24.3 Å². The third-order valence-electron chi connectivity index (χ3n) is 7.02. The molecule has 0 spiro atoms. The third-order valence-corrected chi connectivity index (χ3v) is 7.02. The Labute approximate surface area is 240 Å². The highest BCUT2D eigenvalue weighted by molar-refractivity contribution is 5.96. The maximum absolute atomic E-state index is 12.6. The Morgan fingerprint density at radius 1 is 1.12 bits per heavy atom. The van der Waals surface area contributed by atoms with E-state index in [0.717, 1.165) is 30.3 Å². The first-order valence-electron chi connectivity index (χ1n) is 13.5. The van der Waals surface area contributed by atoms with Crippen molar-refractivity contribution < 1.29 is 42.1 Å². The monoisotopic (exact) mass is 587 g/mol. The molecule has 1 aliphatic carbocycles. The molecule has 12 heteroatoms. The molecule has 0 bridgehead atoms. The largest absolute Gasteiger partial charge is 0.573 e. The Kier molecular flexibility index (Phi) is 8.93. The van der Waals surface area contributed by atoms with E-state index in [1.165, 1.54) is 24.3 Å². The number of carboxylic acids is 1. The Hall–Kier alpha value is -4.35. The van der Waals surface area contributed by atoms with Crippen LogP contribution in [0.5, 0.6) is 5.75 Å². The minimum absolute atomic E-state index is 0.101. The second kappa shape index (κ2) is 12.3. The van der Waals surface area contributed by atoms with Crippen LogP contribution in [0.1, 0.15) is 58.1 Å². The first kappa shape index (κ1) is 30.6. The molecule has 0 radical (unpaired) electrons. The maximum Gasteiger partial charge on any atom is 0.573 e. The number of aromatic nitrogens is 2. The second-order valence-electron chi connectivity index (χ2n) is 11.4. The summed E-state index contributed by atoms with van der Waals surface area (Å²) in [6.45, 7) is 6.69. The van der Waals surface area contributed by atoms with Crippen LogP contribution in [-0.2, 0) is 25.5 Å². The van der Waals surface area contributed by atoms with Crippen LogP contribution in [0.15, 0.2) is 54.6 Å². The molecule has 224 valence electrons. The summed E-state index contributed by atoms with van der Waals surface area (Å²) in [6.07, 6.45) is -0.446. The zero-order chi connectivity index (χ0) is 30.7. The zero-order valence-electron chi connectivity index (χ0n) is 23.4. The number of imidazole rings is 1. The van der Waals surface area contributed by atoms with Gasteiger partial charge in [0.25, 0.3) is 0 Å². The molecule has 4 rings (SSSR count). The Bertz CT molecular complexity index is 1490. The van der Waals surface area contributed by atoms with Crippen LogP contribution >= 0.6 is 0 Å². The van der Waals surface area contributed by atoms with Crippen LogP contribution in [0.2, 0.25) is 0 Å². The van der Waals surface area contributed by atoms with E-state index in [2.05, 4.69) is 40.1 Å². The lowest BCUT2D eigenvalue weighted by molar-refractivity contribution is -0.274. The molecule has 2 N–H and O–H groups in total. The van der Waals surface area contributed by atoms with Crippen LogP contribution in [0, 0.1) is 11.3 Å². The van der Waals surface area contributed by atoms with Gasteiger partial charge in [-0.15, -0.1) is 13.2 Å². The zero-order valence-corrected chi connectivity index (χ0v) is 23.4. The molecule has 0 aliphatic heterocycles. The third kappa shape index (κ3) is 8.34. The number of fused-ring (bicyclic) bond motifs is 1. The molecule has 1 aliphatic rings. The molecule has 42 heavy (non-hydrogen) atoms. The minimum Gasteiger partial charge on any atom is -0.478 e. The summed E-state index contributed by atoms with van der Waals surface area (Å²) in [6, 6.07) is 11.2. The summed E-state index contributed by atoms with van der Waals surface area (Å²) < 4.78 is 48.5. The van der Waals surface area contributed by atoms with Gasteiger partial charge in [-0.05, 0) is 79.0 Å². The smallest absolute Gasteiger partial charge is 0.478 e. The average molecular weight is 588 g/mol. The number of esters is 2. The number of aliphatic carboxylic acids is 1. The van der Waals surface area contributed by atoms with Crippen molar-refractivity contribution in [2.75, 3.05) is 5.32 Å². The summed E-state index contributed by atoms with van der Waals surface area (Å²) in [5.41, 5.74) is 2.94. The van der Waals surface area contributed by atoms with Gasteiger partial charge in [0, 0.05) is 23.9 Å². The number of nitrogens with one attached hydrogen (secondary N) is 1. The van der Waals surface area contributed by atoms with Gasteiger partial charge in [0.2, 0.25) is 5.95 Å². The molecule has 3 aromatic rings. The number of halogens is 3. The first-order chi connectivity index (χ1) is 19.7. The molecule has 2 aromatic carbocycles. The summed E-state index contributed by atoms with van der Waals surface area (Å²) in [5, 5.41) is 11.8. The highest BCUT2D eigenvalue weighted by atomic mass is 19.4. The highest BCUT2D eigenvalue weighted by Gasteiger charge is 2.35. The minimum atomic E-state index is -4.78. The molecule has 9 nitrogen and oxygen atoms in total. The van der Waals surface area contributed by atoms with E-state index in [-0.39, 0.29) is 30.0 Å². The van der Waals surface area contributed by atoms with Gasteiger partial charge in [0.1, 0.15) is 5.75 Å². The van der Waals surface area contributed by atoms with Crippen LogP contribution in [0.25, 0.3) is 11.0 Å². The van der Waals surface area contributed by atoms with Crippen molar-refractivity contribution in [3.8, 4) is 5.75 Å². The number of ether oxygens (including phenoxy) is 2. The lowest BCUT2D eigenvalue weighted by atomic mass is 9.70. The number of rotatable bonds is 9. The number of carbonyl (C=O) groups is 3. The molecule has 1 fully saturated rings. The van der Waals surface area contributed by atoms with E-state index in [1.54, 1.807) is 0 Å². The van der Waals surface area contributed by atoms with Crippen molar-refractivity contribution >= 4 is 40.6 Å². The predicted octanol–water partition coefficient (Wildman–Crippen LogP) is 6.71. The summed E-state index contributed by atoms with van der Waals surface area (Å²) in [4.78, 5) is 39.0. The van der Waals surface area contributed by atoms with Crippen molar-refractivity contribution in [2.24, 2.45) is 11.3 Å². The van der Waals surface area contributed by atoms with Crippen LogP contribution < -0.4 is 10.1 Å². The van der Waals surface area contributed by atoms with Crippen LogP contribution in [-0.4, -0.2) is 38.9 Å². The van der Waals surface area contributed by atoms with Gasteiger partial charge in [-0.25, -0.2) is 14.6 Å². The van der Waals surface area contributed by atoms with Crippen molar-refractivity contribution in [1.82, 2.24) is 9.55 Å². The summed E-state index contributed by atoms with van der Waals surface area (Å²) >= 11 is 0. The number of alkyl halides is 3. The van der Waals surface area contributed by atoms with Gasteiger partial charge in [-0.3, -0.25) is 4.79 Å². The van der Waals surface area contributed by atoms with E-state index in [0.29, 0.717) is 35.2 Å². The van der Waals surface area contributed by atoms with Gasteiger partial charge >= 0.3 is 24.3 Å². The average Bonchev–Trinajstić information content (AvgIpc) is 3.22. The van der Waals surface area contributed by atoms with Crippen molar-refractivity contribution in [2.45, 2.75) is 65.3 Å². The van der Waals surface area contributed by atoms with Crippen molar-refractivity contribution in [3.63, 3.8) is 0 Å². The molecule has 1 saturated carbocycles. The number of anilines is 2. The molecule has 2 atom stereocenters. The lowest BCUT2D eigenvalue weighted by Gasteiger charge is -2.40. The first-order valence-corrected chi connectivity index (χ1v) is 13.5. The van der Waals surface area contributed by atoms with Gasteiger partial charge < -0.3 is 24.5 Å². The normalized spacial score (nSPS) is 18.6. The molecular formula is C30H32F3N3O6. The molecule has 0 amide bonds. The van der Waals surface area contributed by atoms with Crippen molar-refractivity contribution in [1.29, 1.82) is 0 Å². The van der Waals surface area contributed by atoms with Gasteiger partial charge in [-0.2, -0.15) is 0 Å². The Morgan fingerprint density at radius 3 is 2.48 bits per heavy atom. The second-order valence-corrected chi connectivity index (χ2v) is 11.4. The fourth-order valence-electron chi connectivity index (χ4n) is 5.70. The number of carboxylic acid groups (broad SMARTS) is 1. The Morgan fingerprint density at radius 2 is 1.83 bits per heavy atom. The van der Waals surface area contributed by atoms with E-state index >= 15 is 0 Å². The van der Waals surface area contributed by atoms with Gasteiger partial charge in [0.15, 0.2) is 0 Å². The molecule has 0 saturated heterocycles. The summed E-state index contributed by atoms with van der Waals surface area (Å²) in [5.74, 6) is -2.50. The number of nitrogens with zero attached hydrogens (tertiary/aromatic N) is 2. The molecular weight excluding hydrogens is 555 g/mol. The molecule has 1 heterocycles. The number of aryl methyl sites for hydroxylation is 1. The molecule has 0 unspecified atom stereocenters. The number of hydrogen-bond acceptors (Lipinski definition) is 7. The van der Waals surface area contributed by atoms with E-state index in [1.807, 2.05) is 18.2 Å². The highest BCUT2D eigenvalue weighted by Crippen LogP contribution is 2.46. The predicted molar refractivity (Wildman–Crippen MR) is 148 cm³/mol. The summed E-state index contributed by atoms with van der Waals surface area (Å²) in [7, 11) is 0. The lowest BCUT2D eigenvalue weighted by Crippen LogP contribution is -2.29. The fourth-order valence-corrected chi connectivity index (χ4v) is 5.70. The number of benzene rings is 2. The fraction of sp³-hybridized carbons (Fsp3) is 0.400. The topological polar surface area (TPSA) is 120 Å². The standard InChI is InChI=1S/C30H32F3N3O6/c1-18-14-21(17-29(2,3)16-18)36-24-10-4-19(5-12-26(39)41-27(40)13-11-25(37)38)15-23(24)35-28(36)34-20-6-8-22(9-7-20)42-30(31,32)33/h4,6-11,13,15,18,21H,5,12,14,16-17H2,1-3H3,(H,34,35)(H,37,38)/b13-11+/t18-,21+/m0/s1. The van der Waals surface area contributed by atoms with Crippen molar-refractivity contribution in [3.05, 3.63) is 60.2 Å². The van der Waals surface area contributed by atoms with Gasteiger partial charge in [0.05, 0.1) is 17.5 Å². The van der Waals surface area contributed by atoms with Gasteiger partial charge in [-0.1, -0.05) is 26.8 Å². The van der Waals surface area contributed by atoms with Crippen LogP contribution in [0.4, 0.5) is 24.8 Å². The van der Waals surface area contributed by atoms with Crippen LogP contribution in [0.3, 0.4) is 0 Å². The number of hydrogen-bond donors (Lipinski definition) is 2. The van der Waals surface area contributed by atoms with E-state index in [9.17, 15) is 27.6 Å². The molecule has 1 aromatic heterocycles. The van der Waals surface area contributed by atoms with E-state index in [4.69, 9.17) is 10.1 Å². The maximum atomic E-state index is 12.6. The SMILES string of the molecule is C[C@H]1C[C@@H](n2c(Nc3ccc(OC(F)(F)F)cc3)nc3cc(CCC(=O)OC(=O)/C=C/C(=O)O)ccc32)CC(C)(C)C1. The quantitative estimate of drug-likeness (QED) is 0.161.